The van der Waals surface area contributed by atoms with Gasteiger partial charge in [-0.2, -0.15) is 0 Å². The average Bonchev–Trinajstić information content (AvgIpc) is 3.16. The lowest BCUT2D eigenvalue weighted by atomic mass is 10.1. The van der Waals surface area contributed by atoms with E-state index in [1.807, 2.05) is 26.0 Å². The van der Waals surface area contributed by atoms with Crippen molar-refractivity contribution in [3.05, 3.63) is 58.1 Å². The molecule has 0 radical (unpaired) electrons. The topological polar surface area (TPSA) is 130 Å². The van der Waals surface area contributed by atoms with Gasteiger partial charge in [0.15, 0.2) is 12.3 Å². The van der Waals surface area contributed by atoms with Gasteiger partial charge in [0.25, 0.3) is 11.6 Å². The summed E-state index contributed by atoms with van der Waals surface area (Å²) in [4.78, 5) is 22.3. The minimum atomic E-state index is -0.516. The molecular weight excluding hydrogens is 380 g/mol. The van der Waals surface area contributed by atoms with Crippen molar-refractivity contribution >= 4 is 17.4 Å². The number of aromatic nitrogens is 2. The van der Waals surface area contributed by atoms with Gasteiger partial charge in [-0.05, 0) is 60.1 Å². The van der Waals surface area contributed by atoms with Crippen LogP contribution in [0, 0.1) is 17.0 Å². The van der Waals surface area contributed by atoms with Crippen molar-refractivity contribution in [2.24, 2.45) is 0 Å². The summed E-state index contributed by atoms with van der Waals surface area (Å²) in [5, 5.41) is 20.8. The van der Waals surface area contributed by atoms with Crippen molar-refractivity contribution in [3.63, 3.8) is 0 Å². The molecule has 10 nitrogen and oxygen atoms in total. The first kappa shape index (κ1) is 19.8. The molecule has 2 aromatic carbocycles. The number of anilines is 1. The minimum absolute atomic E-state index is 0.0641. The van der Waals surface area contributed by atoms with Crippen LogP contribution in [0.25, 0.3) is 11.3 Å². The van der Waals surface area contributed by atoms with Crippen molar-refractivity contribution in [1.82, 2.24) is 10.3 Å². The highest BCUT2D eigenvalue weighted by molar-refractivity contribution is 5.94. The number of carbonyl (C=O) groups excluding carboxylic acids is 1. The lowest BCUT2D eigenvalue weighted by molar-refractivity contribution is -0.384. The van der Waals surface area contributed by atoms with Crippen LogP contribution in [0.1, 0.15) is 12.5 Å². The van der Waals surface area contributed by atoms with E-state index in [1.165, 1.54) is 24.3 Å². The van der Waals surface area contributed by atoms with E-state index in [4.69, 9.17) is 14.1 Å². The van der Waals surface area contributed by atoms with Crippen LogP contribution >= 0.6 is 0 Å². The van der Waals surface area contributed by atoms with Gasteiger partial charge in [-0.25, -0.2) is 4.63 Å². The third-order valence-corrected chi connectivity index (χ3v) is 3.91. The lowest BCUT2D eigenvalue weighted by Gasteiger charge is -2.09. The predicted octanol–water partition coefficient (Wildman–Crippen LogP) is 3.37. The fourth-order valence-corrected chi connectivity index (χ4v) is 2.56. The molecule has 1 aromatic heterocycles. The Bertz CT molecular complexity index is 1020. The Morgan fingerprint density at radius 2 is 1.93 bits per heavy atom. The number of nitro groups is 1. The van der Waals surface area contributed by atoms with Crippen LogP contribution in [0.2, 0.25) is 0 Å². The van der Waals surface area contributed by atoms with Crippen LogP contribution in [0.3, 0.4) is 0 Å². The molecule has 1 heterocycles. The van der Waals surface area contributed by atoms with E-state index < -0.39 is 10.8 Å². The predicted molar refractivity (Wildman–Crippen MR) is 103 cm³/mol. The molecule has 0 aliphatic rings. The Morgan fingerprint density at radius 1 is 1.17 bits per heavy atom. The second-order valence-electron chi connectivity index (χ2n) is 5.96. The second kappa shape index (κ2) is 8.83. The first-order chi connectivity index (χ1) is 14.0. The largest absolute Gasteiger partial charge is 0.494 e. The highest BCUT2D eigenvalue weighted by Gasteiger charge is 2.16. The number of carbonyl (C=O) groups is 1. The fraction of sp³-hybridized carbons (Fsp3) is 0.211. The molecule has 0 saturated heterocycles. The number of rotatable bonds is 8. The number of ether oxygens (including phenoxy) is 2. The fourth-order valence-electron chi connectivity index (χ4n) is 2.56. The van der Waals surface area contributed by atoms with Gasteiger partial charge in [0.2, 0.25) is 5.82 Å². The first-order valence-electron chi connectivity index (χ1n) is 8.71. The molecule has 150 valence electrons. The maximum Gasteiger partial charge on any atom is 0.269 e. The van der Waals surface area contributed by atoms with Gasteiger partial charge in [0.05, 0.1) is 11.5 Å². The number of benzene rings is 2. The molecule has 0 unspecified atom stereocenters. The Hall–Kier alpha value is -3.95. The summed E-state index contributed by atoms with van der Waals surface area (Å²) in [5.41, 5.74) is 1.93. The van der Waals surface area contributed by atoms with Crippen LogP contribution in [0.5, 0.6) is 11.5 Å². The monoisotopic (exact) mass is 398 g/mol. The summed E-state index contributed by atoms with van der Waals surface area (Å²) < 4.78 is 15.6. The quantitative estimate of drug-likeness (QED) is 0.451. The van der Waals surface area contributed by atoms with E-state index in [-0.39, 0.29) is 18.1 Å². The van der Waals surface area contributed by atoms with Crippen LogP contribution in [0.15, 0.2) is 47.1 Å². The molecule has 0 bridgehead atoms. The molecule has 1 N–H and O–H groups in total. The number of hydrogen-bond acceptors (Lipinski definition) is 8. The summed E-state index contributed by atoms with van der Waals surface area (Å²) in [6, 6.07) is 10.9. The Morgan fingerprint density at radius 3 is 2.59 bits per heavy atom. The number of nitrogens with zero attached hydrogens (tertiary/aromatic N) is 3. The number of nitrogens with one attached hydrogen (secondary N) is 1. The Kier molecular flexibility index (Phi) is 6.03. The average molecular weight is 398 g/mol. The zero-order valence-electron chi connectivity index (χ0n) is 15.7. The standard InChI is InChI=1S/C19H18N4O6/c1-3-27-16-9-4-13(10-12(16)2)18-19(22-29-21-18)20-17(24)11-28-15-7-5-14(6-8-15)23(25)26/h4-10H,3,11H2,1-2H3,(H,20,22,24). The Labute approximate surface area is 165 Å². The summed E-state index contributed by atoms with van der Waals surface area (Å²) in [7, 11) is 0. The normalized spacial score (nSPS) is 10.4. The van der Waals surface area contributed by atoms with Crippen molar-refractivity contribution in [3.8, 4) is 22.8 Å². The van der Waals surface area contributed by atoms with Gasteiger partial charge in [-0.15, -0.1) is 0 Å². The molecule has 0 spiro atoms. The van der Waals surface area contributed by atoms with E-state index >= 15 is 0 Å². The third kappa shape index (κ3) is 4.86. The summed E-state index contributed by atoms with van der Waals surface area (Å²) >= 11 is 0. The maximum absolute atomic E-state index is 12.2. The van der Waals surface area contributed by atoms with Crippen LogP contribution in [-0.2, 0) is 4.79 Å². The van der Waals surface area contributed by atoms with Gasteiger partial charge in [0.1, 0.15) is 11.5 Å². The van der Waals surface area contributed by atoms with Gasteiger partial charge in [-0.3, -0.25) is 14.9 Å². The SMILES string of the molecule is CCOc1ccc(-c2nonc2NC(=O)COc2ccc([N+](=O)[O-])cc2)cc1C. The van der Waals surface area contributed by atoms with E-state index in [0.717, 1.165) is 11.3 Å². The smallest absolute Gasteiger partial charge is 0.269 e. The molecule has 0 aliphatic carbocycles. The highest BCUT2D eigenvalue weighted by Crippen LogP contribution is 2.29. The van der Waals surface area contributed by atoms with Gasteiger partial charge >= 0.3 is 0 Å². The van der Waals surface area contributed by atoms with Crippen molar-refractivity contribution in [2.75, 3.05) is 18.5 Å². The second-order valence-corrected chi connectivity index (χ2v) is 5.96. The molecule has 29 heavy (non-hydrogen) atoms. The number of non-ortho nitro benzene ring substituents is 1. The molecule has 3 rings (SSSR count). The van der Waals surface area contributed by atoms with E-state index in [9.17, 15) is 14.9 Å². The zero-order chi connectivity index (χ0) is 20.8. The van der Waals surface area contributed by atoms with Crippen molar-refractivity contribution < 1.29 is 23.8 Å². The number of hydrogen-bond donors (Lipinski definition) is 1. The molecule has 0 aliphatic heterocycles. The lowest BCUT2D eigenvalue weighted by Crippen LogP contribution is -2.20. The maximum atomic E-state index is 12.2. The molecule has 3 aromatic rings. The van der Waals surface area contributed by atoms with Crippen LogP contribution in [0.4, 0.5) is 11.5 Å². The first-order valence-corrected chi connectivity index (χ1v) is 8.71. The van der Waals surface area contributed by atoms with Crippen LogP contribution in [-0.4, -0.2) is 34.4 Å². The number of nitro benzene ring substituents is 1. The van der Waals surface area contributed by atoms with E-state index in [1.54, 1.807) is 6.07 Å². The van der Waals surface area contributed by atoms with Crippen molar-refractivity contribution in [1.29, 1.82) is 0 Å². The summed E-state index contributed by atoms with van der Waals surface area (Å²) in [6.45, 7) is 4.05. The molecule has 0 fully saturated rings. The molecular formula is C19H18N4O6. The van der Waals surface area contributed by atoms with Crippen LogP contribution < -0.4 is 14.8 Å². The minimum Gasteiger partial charge on any atom is -0.494 e. The molecule has 1 amide bonds. The Balaban J connectivity index is 1.64. The summed E-state index contributed by atoms with van der Waals surface area (Å²) in [6.07, 6.45) is 0. The highest BCUT2D eigenvalue weighted by atomic mass is 16.6. The van der Waals surface area contributed by atoms with Gasteiger partial charge in [0, 0.05) is 17.7 Å². The third-order valence-electron chi connectivity index (χ3n) is 3.91. The molecule has 0 atom stereocenters. The number of aryl methyl sites for hydroxylation is 1. The van der Waals surface area contributed by atoms with E-state index in [2.05, 4.69) is 15.6 Å². The van der Waals surface area contributed by atoms with Crippen molar-refractivity contribution in [2.45, 2.75) is 13.8 Å². The molecule has 0 saturated carbocycles. The van der Waals surface area contributed by atoms with Gasteiger partial charge in [-0.1, -0.05) is 0 Å². The summed E-state index contributed by atoms with van der Waals surface area (Å²) in [5.74, 6) is 0.759. The van der Waals surface area contributed by atoms with E-state index in [0.29, 0.717) is 23.6 Å². The van der Waals surface area contributed by atoms with Gasteiger partial charge < -0.3 is 14.8 Å². The number of amides is 1. The molecule has 10 heteroatoms. The zero-order valence-corrected chi connectivity index (χ0v) is 15.7.